The van der Waals surface area contributed by atoms with Gasteiger partial charge >= 0.3 is 0 Å². The Morgan fingerprint density at radius 3 is 2.67 bits per heavy atom. The van der Waals surface area contributed by atoms with Gasteiger partial charge in [-0.05, 0) is 0 Å². The molecule has 3 heteroatoms. The summed E-state index contributed by atoms with van der Waals surface area (Å²) < 4.78 is 0. The van der Waals surface area contributed by atoms with Crippen LogP contribution in [0.5, 0.6) is 0 Å². The maximum absolute atomic E-state index is 3.85. The van der Waals surface area contributed by atoms with E-state index in [2.05, 4.69) is 10.3 Å². The van der Waals surface area contributed by atoms with Crippen molar-refractivity contribution in [1.82, 2.24) is 5.32 Å². The third-order valence-electron chi connectivity index (χ3n) is 0.568. The van der Waals surface area contributed by atoms with Crippen LogP contribution in [0.25, 0.3) is 0 Å². The van der Waals surface area contributed by atoms with Crippen molar-refractivity contribution in [1.29, 1.82) is 0 Å². The van der Waals surface area contributed by atoms with Gasteiger partial charge in [-0.3, -0.25) is 4.99 Å². The molecule has 2 nitrogen and oxygen atoms in total. The zero-order valence-electron chi connectivity index (χ0n) is 3.65. The van der Waals surface area contributed by atoms with E-state index in [0.29, 0.717) is 0 Å². The second-order valence-corrected chi connectivity index (χ2v) is 0.989. The van der Waals surface area contributed by atoms with Crippen molar-refractivity contribution in [2.24, 2.45) is 4.99 Å². The van der Waals surface area contributed by atoms with E-state index < -0.39 is 0 Å². The monoisotopic (exact) mass is 110 g/mol. The summed E-state index contributed by atoms with van der Waals surface area (Å²) in [5.41, 5.74) is 0. The Morgan fingerprint density at radius 2 is 2.50 bits per heavy atom. The number of nitrogens with one attached hydrogen (secondary N) is 1. The molecule has 30 valence electrons. The molecular weight excluding hydrogens is 104 g/mol. The minimum atomic E-state index is 0. The molecule has 0 bridgehead atoms. The summed E-state index contributed by atoms with van der Waals surface area (Å²) in [6, 6.07) is 0. The van der Waals surface area contributed by atoms with Gasteiger partial charge in [0.25, 0.3) is 0 Å². The summed E-state index contributed by atoms with van der Waals surface area (Å²) in [6.45, 7) is 1.99. The van der Waals surface area contributed by atoms with Gasteiger partial charge in [-0.2, -0.15) is 0 Å². The molecule has 1 heterocycles. The number of hydrogen-bond donors (Lipinski definition) is 1. The molecule has 0 saturated heterocycles. The van der Waals surface area contributed by atoms with Gasteiger partial charge in [0.1, 0.15) is 0 Å². The molecule has 0 spiro atoms. The fourth-order valence-electron chi connectivity index (χ4n) is 0.323. The molecule has 0 aromatic rings. The van der Waals surface area contributed by atoms with E-state index >= 15 is 0 Å². The van der Waals surface area contributed by atoms with Crippen LogP contribution in [0.3, 0.4) is 0 Å². The SMILES string of the molecule is C1=NCCN1.[Ca]. The standard InChI is InChI=1S/C3H6N2.Ca/c1-2-5-3-4-1;/h3H,1-2H2,(H,4,5);. The molecule has 0 aliphatic carbocycles. The van der Waals surface area contributed by atoms with E-state index in [1.807, 2.05) is 0 Å². The van der Waals surface area contributed by atoms with Crippen LogP contribution in [0, 0.1) is 0 Å². The van der Waals surface area contributed by atoms with E-state index in [4.69, 9.17) is 0 Å². The van der Waals surface area contributed by atoms with E-state index in [0.717, 1.165) is 13.1 Å². The Labute approximate surface area is 67.0 Å². The van der Waals surface area contributed by atoms with Crippen LogP contribution in [0.2, 0.25) is 0 Å². The van der Waals surface area contributed by atoms with E-state index in [-0.39, 0.29) is 37.7 Å². The number of aliphatic imine (C=N–C) groups is 1. The molecule has 0 saturated carbocycles. The smallest absolute Gasteiger partial charge is 0.0825 e. The van der Waals surface area contributed by atoms with Crippen LogP contribution < -0.4 is 5.32 Å². The molecule has 0 atom stereocenters. The zero-order valence-corrected chi connectivity index (χ0v) is 5.85. The van der Waals surface area contributed by atoms with Crippen molar-refractivity contribution < 1.29 is 0 Å². The maximum Gasteiger partial charge on any atom is 0.0825 e. The first-order valence-corrected chi connectivity index (χ1v) is 1.72. The molecule has 0 aromatic carbocycles. The van der Waals surface area contributed by atoms with Crippen molar-refractivity contribution >= 4 is 44.1 Å². The molecule has 1 aliphatic rings. The second kappa shape index (κ2) is 3.90. The average molecular weight is 110 g/mol. The van der Waals surface area contributed by atoms with Crippen molar-refractivity contribution in [3.05, 3.63) is 0 Å². The molecule has 0 aromatic heterocycles. The van der Waals surface area contributed by atoms with E-state index in [9.17, 15) is 0 Å². The average Bonchev–Trinajstić information content (AvgIpc) is 1.76. The minimum Gasteiger partial charge on any atom is -0.375 e. The van der Waals surface area contributed by atoms with Gasteiger partial charge in [-0.15, -0.1) is 0 Å². The first kappa shape index (κ1) is 6.73. The molecular formula is C3H6CaN2. The van der Waals surface area contributed by atoms with Crippen molar-refractivity contribution in [2.75, 3.05) is 13.1 Å². The van der Waals surface area contributed by atoms with Crippen LogP contribution in [-0.4, -0.2) is 57.2 Å². The predicted molar refractivity (Wildman–Crippen MR) is 27.1 cm³/mol. The molecule has 1 aliphatic heterocycles. The zero-order chi connectivity index (χ0) is 3.54. The van der Waals surface area contributed by atoms with Gasteiger partial charge in [0.15, 0.2) is 0 Å². The van der Waals surface area contributed by atoms with Crippen molar-refractivity contribution in [3.8, 4) is 0 Å². The van der Waals surface area contributed by atoms with Crippen LogP contribution in [0.1, 0.15) is 0 Å². The first-order chi connectivity index (χ1) is 2.50. The molecule has 0 amide bonds. The molecule has 0 unspecified atom stereocenters. The van der Waals surface area contributed by atoms with Gasteiger partial charge < -0.3 is 5.32 Å². The Balaban J connectivity index is 0.000000250. The molecule has 2 radical (unpaired) electrons. The molecule has 0 fully saturated rings. The molecule has 1 rings (SSSR count). The van der Waals surface area contributed by atoms with Crippen LogP contribution >= 0.6 is 0 Å². The Kier molecular flexibility index (Phi) is 4.38. The fourth-order valence-corrected chi connectivity index (χ4v) is 0.323. The van der Waals surface area contributed by atoms with Crippen LogP contribution in [0.4, 0.5) is 0 Å². The predicted octanol–water partition coefficient (Wildman–Crippen LogP) is -0.763. The first-order valence-electron chi connectivity index (χ1n) is 1.72. The van der Waals surface area contributed by atoms with E-state index in [1.165, 1.54) is 0 Å². The Hall–Kier alpha value is 0.730. The maximum atomic E-state index is 3.85. The normalized spacial score (nSPS) is 16.0. The fraction of sp³-hybridized carbons (Fsp3) is 0.667. The topological polar surface area (TPSA) is 24.4 Å². The van der Waals surface area contributed by atoms with Crippen LogP contribution in [-0.2, 0) is 0 Å². The summed E-state index contributed by atoms with van der Waals surface area (Å²) in [5, 5.41) is 2.93. The van der Waals surface area contributed by atoms with Gasteiger partial charge in [0, 0.05) is 44.3 Å². The summed E-state index contributed by atoms with van der Waals surface area (Å²) in [6.07, 6.45) is 1.74. The summed E-state index contributed by atoms with van der Waals surface area (Å²) in [7, 11) is 0. The van der Waals surface area contributed by atoms with Crippen molar-refractivity contribution in [3.63, 3.8) is 0 Å². The summed E-state index contributed by atoms with van der Waals surface area (Å²) in [5.74, 6) is 0. The molecule has 1 N–H and O–H groups in total. The third kappa shape index (κ3) is 2.00. The van der Waals surface area contributed by atoms with Crippen molar-refractivity contribution in [2.45, 2.75) is 0 Å². The minimum absolute atomic E-state index is 0. The Morgan fingerprint density at radius 1 is 1.67 bits per heavy atom. The molecule has 6 heavy (non-hydrogen) atoms. The second-order valence-electron chi connectivity index (χ2n) is 0.989. The number of hydrogen-bond acceptors (Lipinski definition) is 2. The largest absolute Gasteiger partial charge is 0.375 e. The van der Waals surface area contributed by atoms with Gasteiger partial charge in [-0.1, -0.05) is 0 Å². The van der Waals surface area contributed by atoms with Gasteiger partial charge in [0.05, 0.1) is 12.9 Å². The van der Waals surface area contributed by atoms with Crippen LogP contribution in [0.15, 0.2) is 4.99 Å². The number of rotatable bonds is 0. The van der Waals surface area contributed by atoms with Gasteiger partial charge in [-0.25, -0.2) is 0 Å². The third-order valence-corrected chi connectivity index (χ3v) is 0.568. The quantitative estimate of drug-likeness (QED) is 0.407. The summed E-state index contributed by atoms with van der Waals surface area (Å²) >= 11 is 0. The number of nitrogens with zero attached hydrogens (tertiary/aromatic N) is 1. The summed E-state index contributed by atoms with van der Waals surface area (Å²) in [4.78, 5) is 3.85. The van der Waals surface area contributed by atoms with E-state index in [1.54, 1.807) is 6.34 Å². The van der Waals surface area contributed by atoms with Gasteiger partial charge in [0.2, 0.25) is 0 Å². The Bertz CT molecular complexity index is 46.8.